The maximum atomic E-state index is 12.9. The highest BCUT2D eigenvalue weighted by Gasteiger charge is 2.15. The highest BCUT2D eigenvalue weighted by molar-refractivity contribution is 5.99. The van der Waals surface area contributed by atoms with E-state index in [9.17, 15) is 14.0 Å². The summed E-state index contributed by atoms with van der Waals surface area (Å²) in [4.78, 5) is 24.5. The van der Waals surface area contributed by atoms with Gasteiger partial charge in [-0.25, -0.2) is 9.07 Å². The number of Topliss-reactive ketones (excluding diaryl/α,β-unsaturated/α-hetero) is 1. The van der Waals surface area contributed by atoms with E-state index in [1.54, 1.807) is 36.9 Å². The lowest BCUT2D eigenvalue weighted by Gasteiger charge is -2.13. The Hall–Kier alpha value is -3.09. The molecule has 2 aromatic carbocycles. The average molecular weight is 340 g/mol. The lowest BCUT2D eigenvalue weighted by atomic mass is 10.0. The first kappa shape index (κ1) is 16.8. The molecule has 1 unspecified atom stereocenters. The van der Waals surface area contributed by atoms with Crippen LogP contribution in [0.5, 0.6) is 0 Å². The molecule has 0 saturated heterocycles. The van der Waals surface area contributed by atoms with Crippen molar-refractivity contribution in [3.8, 4) is 0 Å². The molecule has 0 fully saturated rings. The number of hydrogen-bond acceptors (Lipinski definition) is 4. The number of carbonyl (C=O) groups excluding carboxylic acids is 2. The molecule has 7 heteroatoms. The van der Waals surface area contributed by atoms with Crippen LogP contribution in [0.2, 0.25) is 0 Å². The van der Waals surface area contributed by atoms with Crippen LogP contribution in [-0.2, 0) is 7.05 Å². The van der Waals surface area contributed by atoms with Gasteiger partial charge in [0.25, 0.3) is 5.91 Å². The zero-order chi connectivity index (χ0) is 18.0. The lowest BCUT2D eigenvalue weighted by molar-refractivity contribution is 0.0918. The molecule has 1 heterocycles. The molecular formula is C18H17FN4O2. The topological polar surface area (TPSA) is 76.9 Å². The summed E-state index contributed by atoms with van der Waals surface area (Å²) in [6, 6.07) is 10.1. The van der Waals surface area contributed by atoms with E-state index < -0.39 is 5.82 Å². The van der Waals surface area contributed by atoms with Crippen LogP contribution in [0.3, 0.4) is 0 Å². The minimum atomic E-state index is -0.391. The first-order chi connectivity index (χ1) is 11.9. The summed E-state index contributed by atoms with van der Waals surface area (Å²) < 4.78 is 14.5. The Morgan fingerprint density at radius 3 is 2.56 bits per heavy atom. The zero-order valence-electron chi connectivity index (χ0n) is 13.9. The molecular weight excluding hydrogens is 323 g/mol. The molecule has 6 nitrogen and oxygen atoms in total. The molecule has 1 N–H and O–H groups in total. The molecule has 0 aliphatic rings. The van der Waals surface area contributed by atoms with Crippen LogP contribution in [-0.4, -0.2) is 32.7 Å². The van der Waals surface area contributed by atoms with Crippen molar-refractivity contribution in [3.63, 3.8) is 0 Å². The molecule has 0 spiro atoms. The van der Waals surface area contributed by atoms with Gasteiger partial charge in [0.1, 0.15) is 11.3 Å². The van der Waals surface area contributed by atoms with Gasteiger partial charge in [0, 0.05) is 30.6 Å². The van der Waals surface area contributed by atoms with Gasteiger partial charge in [0.2, 0.25) is 0 Å². The molecule has 25 heavy (non-hydrogen) atoms. The lowest BCUT2D eigenvalue weighted by Crippen LogP contribution is -2.34. The highest BCUT2D eigenvalue weighted by atomic mass is 19.1. The predicted octanol–water partition coefficient (Wildman–Crippen LogP) is 2.50. The van der Waals surface area contributed by atoms with Gasteiger partial charge in [-0.15, -0.1) is 5.10 Å². The summed E-state index contributed by atoms with van der Waals surface area (Å²) in [5, 5.41) is 10.7. The van der Waals surface area contributed by atoms with Crippen LogP contribution < -0.4 is 5.32 Å². The number of nitrogens with one attached hydrogen (secondary N) is 1. The summed E-state index contributed by atoms with van der Waals surface area (Å²) in [5.74, 6) is -0.832. The molecule has 0 radical (unpaired) electrons. The molecule has 3 aromatic rings. The molecule has 1 amide bonds. The number of rotatable bonds is 5. The number of aromatic nitrogens is 3. The van der Waals surface area contributed by atoms with Crippen molar-refractivity contribution in [1.29, 1.82) is 0 Å². The van der Waals surface area contributed by atoms with E-state index in [-0.39, 0.29) is 24.2 Å². The molecule has 1 aromatic heterocycles. The Labute approximate surface area is 143 Å². The fourth-order valence-corrected chi connectivity index (χ4v) is 2.57. The summed E-state index contributed by atoms with van der Waals surface area (Å²) in [6.07, 6.45) is 0.130. The van der Waals surface area contributed by atoms with Crippen LogP contribution in [0.25, 0.3) is 11.0 Å². The van der Waals surface area contributed by atoms with Gasteiger partial charge in [-0.05, 0) is 49.4 Å². The molecule has 0 aliphatic heterocycles. The van der Waals surface area contributed by atoms with Crippen molar-refractivity contribution in [2.75, 3.05) is 0 Å². The van der Waals surface area contributed by atoms with Crippen LogP contribution >= 0.6 is 0 Å². The molecule has 0 aliphatic carbocycles. The SMILES string of the molecule is CC(CC(=O)c1ccc(F)cc1)NC(=O)c1ccc2c(c1)nnn2C. The second kappa shape index (κ2) is 6.80. The molecule has 1 atom stereocenters. The van der Waals surface area contributed by atoms with E-state index in [0.717, 1.165) is 5.52 Å². The molecule has 0 bridgehead atoms. The van der Waals surface area contributed by atoms with Crippen LogP contribution in [0.1, 0.15) is 34.1 Å². The Kier molecular flexibility index (Phi) is 4.56. The zero-order valence-corrected chi connectivity index (χ0v) is 13.9. The minimum absolute atomic E-state index is 0.130. The summed E-state index contributed by atoms with van der Waals surface area (Å²) >= 11 is 0. The number of benzene rings is 2. The van der Waals surface area contributed by atoms with Crippen molar-refractivity contribution in [3.05, 3.63) is 59.4 Å². The van der Waals surface area contributed by atoms with Gasteiger partial charge in [-0.1, -0.05) is 5.21 Å². The summed E-state index contributed by atoms with van der Waals surface area (Å²) in [5.41, 5.74) is 2.33. The largest absolute Gasteiger partial charge is 0.349 e. The molecule has 3 rings (SSSR count). The monoisotopic (exact) mass is 340 g/mol. The van der Waals surface area contributed by atoms with Crippen molar-refractivity contribution < 1.29 is 14.0 Å². The van der Waals surface area contributed by atoms with E-state index in [4.69, 9.17) is 0 Å². The van der Waals surface area contributed by atoms with E-state index >= 15 is 0 Å². The van der Waals surface area contributed by atoms with Gasteiger partial charge < -0.3 is 5.32 Å². The predicted molar refractivity (Wildman–Crippen MR) is 90.8 cm³/mol. The normalized spacial score (nSPS) is 12.1. The maximum Gasteiger partial charge on any atom is 0.251 e. The number of hydrogen-bond donors (Lipinski definition) is 1. The minimum Gasteiger partial charge on any atom is -0.349 e. The number of ketones is 1. The van der Waals surface area contributed by atoms with Crippen LogP contribution in [0.4, 0.5) is 4.39 Å². The highest BCUT2D eigenvalue weighted by Crippen LogP contribution is 2.13. The van der Waals surface area contributed by atoms with Crippen molar-refractivity contribution in [1.82, 2.24) is 20.3 Å². The number of nitrogens with zero attached hydrogens (tertiary/aromatic N) is 3. The number of aryl methyl sites for hydroxylation is 1. The second-order valence-electron chi connectivity index (χ2n) is 5.93. The standard InChI is InChI=1S/C18H17FN4O2/c1-11(9-17(24)12-3-6-14(19)7-4-12)20-18(25)13-5-8-16-15(10-13)21-22-23(16)2/h3-8,10-11H,9H2,1-2H3,(H,20,25). The fourth-order valence-electron chi connectivity index (χ4n) is 2.57. The summed E-state index contributed by atoms with van der Waals surface area (Å²) in [7, 11) is 1.78. The summed E-state index contributed by atoms with van der Waals surface area (Å²) in [6.45, 7) is 1.75. The third-order valence-corrected chi connectivity index (χ3v) is 3.91. The van der Waals surface area contributed by atoms with Gasteiger partial charge >= 0.3 is 0 Å². The van der Waals surface area contributed by atoms with Gasteiger partial charge in [0.15, 0.2) is 5.78 Å². The van der Waals surface area contributed by atoms with Crippen molar-refractivity contribution in [2.45, 2.75) is 19.4 Å². The number of carbonyl (C=O) groups is 2. The third-order valence-electron chi connectivity index (χ3n) is 3.91. The number of halogens is 1. The number of amides is 1. The second-order valence-corrected chi connectivity index (χ2v) is 5.93. The van der Waals surface area contributed by atoms with Gasteiger partial charge in [-0.2, -0.15) is 0 Å². The van der Waals surface area contributed by atoms with Crippen LogP contribution in [0.15, 0.2) is 42.5 Å². The fraction of sp³-hybridized carbons (Fsp3) is 0.222. The van der Waals surface area contributed by atoms with E-state index in [1.807, 2.05) is 0 Å². The van der Waals surface area contributed by atoms with E-state index in [2.05, 4.69) is 15.6 Å². The maximum absolute atomic E-state index is 12.9. The quantitative estimate of drug-likeness (QED) is 0.724. The first-order valence-electron chi connectivity index (χ1n) is 7.83. The van der Waals surface area contributed by atoms with Crippen molar-refractivity contribution >= 4 is 22.7 Å². The Balaban J connectivity index is 1.64. The third kappa shape index (κ3) is 3.71. The molecule has 0 saturated carbocycles. The number of fused-ring (bicyclic) bond motifs is 1. The smallest absolute Gasteiger partial charge is 0.251 e. The van der Waals surface area contributed by atoms with Crippen molar-refractivity contribution in [2.24, 2.45) is 7.05 Å². The van der Waals surface area contributed by atoms with E-state index in [1.165, 1.54) is 24.3 Å². The first-order valence-corrected chi connectivity index (χ1v) is 7.83. The van der Waals surface area contributed by atoms with Gasteiger partial charge in [0.05, 0.1) is 5.52 Å². The average Bonchev–Trinajstić information content (AvgIpc) is 2.96. The Morgan fingerprint density at radius 1 is 1.16 bits per heavy atom. The van der Waals surface area contributed by atoms with Gasteiger partial charge in [-0.3, -0.25) is 9.59 Å². The Morgan fingerprint density at radius 2 is 1.84 bits per heavy atom. The Bertz CT molecular complexity index is 934. The van der Waals surface area contributed by atoms with Crippen LogP contribution in [0, 0.1) is 5.82 Å². The van der Waals surface area contributed by atoms with E-state index in [0.29, 0.717) is 16.6 Å². The molecule has 128 valence electrons.